The van der Waals surface area contributed by atoms with Gasteiger partial charge in [0.1, 0.15) is 12.4 Å². The number of hydrogen-bond acceptors (Lipinski definition) is 4. The number of piperidine rings is 1. The molecule has 2 N–H and O–H groups in total. The van der Waals surface area contributed by atoms with E-state index in [-0.39, 0.29) is 24.4 Å². The van der Waals surface area contributed by atoms with E-state index < -0.39 is 0 Å². The minimum Gasteiger partial charge on any atom is -0.490 e. The maximum atomic E-state index is 12.3. The monoisotopic (exact) mass is 314 g/mol. The maximum absolute atomic E-state index is 12.3. The van der Waals surface area contributed by atoms with Crippen LogP contribution in [-0.2, 0) is 4.74 Å². The van der Waals surface area contributed by atoms with Crippen LogP contribution in [0.3, 0.4) is 0 Å². The largest absolute Gasteiger partial charge is 0.490 e. The van der Waals surface area contributed by atoms with Gasteiger partial charge in [-0.15, -0.1) is 12.4 Å². The van der Waals surface area contributed by atoms with Gasteiger partial charge in [0.15, 0.2) is 0 Å². The van der Waals surface area contributed by atoms with Crippen LogP contribution >= 0.6 is 12.4 Å². The minimum atomic E-state index is -0.0649. The van der Waals surface area contributed by atoms with E-state index in [1.165, 1.54) is 0 Å². The number of benzene rings is 1. The van der Waals surface area contributed by atoms with Crippen molar-refractivity contribution in [2.45, 2.75) is 18.9 Å². The highest BCUT2D eigenvalue weighted by Crippen LogP contribution is 2.18. The third-order valence-corrected chi connectivity index (χ3v) is 3.35. The average Bonchev–Trinajstić information content (AvgIpc) is 2.49. The molecule has 0 saturated carbocycles. The number of halogens is 1. The zero-order valence-corrected chi connectivity index (χ0v) is 13.1. The average molecular weight is 315 g/mol. The van der Waals surface area contributed by atoms with Crippen LogP contribution in [0, 0.1) is 0 Å². The van der Waals surface area contributed by atoms with Crippen molar-refractivity contribution in [3.05, 3.63) is 29.8 Å². The van der Waals surface area contributed by atoms with Crippen LogP contribution in [0.15, 0.2) is 24.3 Å². The lowest BCUT2D eigenvalue weighted by atomic mass is 10.1. The van der Waals surface area contributed by atoms with Crippen molar-refractivity contribution in [1.82, 2.24) is 10.6 Å². The van der Waals surface area contributed by atoms with Crippen LogP contribution in [0.4, 0.5) is 0 Å². The van der Waals surface area contributed by atoms with Gasteiger partial charge in [-0.2, -0.15) is 0 Å². The number of para-hydroxylation sites is 1. The minimum absolute atomic E-state index is 0. The van der Waals surface area contributed by atoms with Crippen LogP contribution in [0.1, 0.15) is 23.2 Å². The first-order valence-corrected chi connectivity index (χ1v) is 7.03. The number of rotatable bonds is 6. The van der Waals surface area contributed by atoms with Gasteiger partial charge in [0.05, 0.1) is 12.2 Å². The van der Waals surface area contributed by atoms with Gasteiger partial charge < -0.3 is 20.1 Å². The van der Waals surface area contributed by atoms with Crippen molar-refractivity contribution < 1.29 is 14.3 Å². The van der Waals surface area contributed by atoms with Crippen molar-refractivity contribution in [2.24, 2.45) is 0 Å². The van der Waals surface area contributed by atoms with Crippen LogP contribution < -0.4 is 15.4 Å². The van der Waals surface area contributed by atoms with Crippen molar-refractivity contribution in [3.8, 4) is 5.75 Å². The molecule has 1 aliphatic rings. The molecule has 1 heterocycles. The van der Waals surface area contributed by atoms with E-state index in [9.17, 15) is 4.79 Å². The molecule has 118 valence electrons. The van der Waals surface area contributed by atoms with Crippen molar-refractivity contribution in [1.29, 1.82) is 0 Å². The fraction of sp³-hybridized carbons (Fsp3) is 0.533. The van der Waals surface area contributed by atoms with Gasteiger partial charge in [0.25, 0.3) is 5.91 Å². The molecule has 1 amide bonds. The summed E-state index contributed by atoms with van der Waals surface area (Å²) in [6, 6.07) is 7.56. The molecule has 0 aliphatic carbocycles. The highest BCUT2D eigenvalue weighted by Gasteiger charge is 2.18. The molecule has 2 rings (SSSR count). The normalized spacial score (nSPS) is 15.1. The standard InChI is InChI=1S/C15H22N2O3.ClH/c1-19-10-11-20-14-5-3-2-4-13(14)15(18)17-12-6-8-16-9-7-12;/h2-5,12,16H,6-11H2,1H3,(H,17,18);1H. The second-order valence-corrected chi connectivity index (χ2v) is 4.84. The summed E-state index contributed by atoms with van der Waals surface area (Å²) >= 11 is 0. The highest BCUT2D eigenvalue weighted by atomic mass is 35.5. The summed E-state index contributed by atoms with van der Waals surface area (Å²) in [7, 11) is 1.62. The molecule has 0 radical (unpaired) electrons. The molecule has 1 aromatic carbocycles. The van der Waals surface area contributed by atoms with E-state index in [1.54, 1.807) is 13.2 Å². The van der Waals surface area contributed by atoms with Crippen LogP contribution in [0.5, 0.6) is 5.75 Å². The van der Waals surface area contributed by atoms with Crippen molar-refractivity contribution in [2.75, 3.05) is 33.4 Å². The van der Waals surface area contributed by atoms with E-state index in [1.807, 2.05) is 18.2 Å². The fourth-order valence-electron chi connectivity index (χ4n) is 2.24. The van der Waals surface area contributed by atoms with Crippen LogP contribution in [0.25, 0.3) is 0 Å². The van der Waals surface area contributed by atoms with Gasteiger partial charge in [-0.25, -0.2) is 0 Å². The van der Waals surface area contributed by atoms with Gasteiger partial charge in [-0.3, -0.25) is 4.79 Å². The quantitative estimate of drug-likeness (QED) is 0.783. The van der Waals surface area contributed by atoms with E-state index in [4.69, 9.17) is 9.47 Å². The summed E-state index contributed by atoms with van der Waals surface area (Å²) in [5.41, 5.74) is 0.585. The Bertz CT molecular complexity index is 437. The van der Waals surface area contributed by atoms with Crippen molar-refractivity contribution in [3.63, 3.8) is 0 Å². The van der Waals surface area contributed by atoms with Crippen molar-refractivity contribution >= 4 is 18.3 Å². The molecule has 1 fully saturated rings. The molecule has 6 heteroatoms. The molecule has 1 aliphatic heterocycles. The molecule has 0 aromatic heterocycles. The highest BCUT2D eigenvalue weighted by molar-refractivity contribution is 5.97. The summed E-state index contributed by atoms with van der Waals surface area (Å²) in [6.07, 6.45) is 1.94. The fourth-order valence-corrected chi connectivity index (χ4v) is 2.24. The first-order valence-electron chi connectivity index (χ1n) is 7.03. The molecule has 21 heavy (non-hydrogen) atoms. The number of nitrogens with one attached hydrogen (secondary N) is 2. The number of ether oxygens (including phenoxy) is 2. The SMILES string of the molecule is COCCOc1ccccc1C(=O)NC1CCNCC1.Cl. The van der Waals surface area contributed by atoms with Gasteiger partial charge >= 0.3 is 0 Å². The zero-order valence-electron chi connectivity index (χ0n) is 12.3. The Balaban J connectivity index is 0.00000220. The summed E-state index contributed by atoms with van der Waals surface area (Å²) in [4.78, 5) is 12.3. The molecule has 0 spiro atoms. The second-order valence-electron chi connectivity index (χ2n) is 4.84. The number of carbonyl (C=O) groups excluding carboxylic acids is 1. The van der Waals surface area contributed by atoms with Crippen LogP contribution in [0.2, 0.25) is 0 Å². The first kappa shape index (κ1) is 17.8. The molecule has 1 aromatic rings. The van der Waals surface area contributed by atoms with Gasteiger partial charge in [-0.05, 0) is 38.1 Å². The summed E-state index contributed by atoms with van der Waals surface area (Å²) in [5.74, 6) is 0.543. The predicted molar refractivity (Wildman–Crippen MR) is 84.4 cm³/mol. The Morgan fingerprint density at radius 1 is 1.29 bits per heavy atom. The maximum Gasteiger partial charge on any atom is 0.255 e. The Morgan fingerprint density at radius 2 is 2.00 bits per heavy atom. The van der Waals surface area contributed by atoms with E-state index in [2.05, 4.69) is 10.6 Å². The molecule has 0 unspecified atom stereocenters. The number of hydrogen-bond donors (Lipinski definition) is 2. The molecule has 0 bridgehead atoms. The molecule has 5 nitrogen and oxygen atoms in total. The van der Waals surface area contributed by atoms with E-state index >= 15 is 0 Å². The zero-order chi connectivity index (χ0) is 14.2. The van der Waals surface area contributed by atoms with Gasteiger partial charge in [0, 0.05) is 13.2 Å². The lowest BCUT2D eigenvalue weighted by Crippen LogP contribution is -2.42. The molecule has 1 saturated heterocycles. The lowest BCUT2D eigenvalue weighted by molar-refractivity contribution is 0.0922. The smallest absolute Gasteiger partial charge is 0.255 e. The van der Waals surface area contributed by atoms with Gasteiger partial charge in [0.2, 0.25) is 0 Å². The molecule has 0 atom stereocenters. The summed E-state index contributed by atoms with van der Waals surface area (Å²) < 4.78 is 10.5. The summed E-state index contributed by atoms with van der Waals surface area (Å²) in [5, 5.41) is 6.36. The Hall–Kier alpha value is -1.30. The Labute approximate surface area is 131 Å². The Morgan fingerprint density at radius 3 is 2.71 bits per heavy atom. The van der Waals surface area contributed by atoms with Crippen LogP contribution in [-0.4, -0.2) is 45.4 Å². The third kappa shape index (κ3) is 5.53. The number of methoxy groups -OCH3 is 1. The summed E-state index contributed by atoms with van der Waals surface area (Å²) in [6.45, 7) is 2.85. The molecular formula is C15H23ClN2O3. The topological polar surface area (TPSA) is 59.6 Å². The van der Waals surface area contributed by atoms with Gasteiger partial charge in [-0.1, -0.05) is 12.1 Å². The third-order valence-electron chi connectivity index (χ3n) is 3.35. The van der Waals surface area contributed by atoms with E-state index in [0.717, 1.165) is 25.9 Å². The number of amides is 1. The lowest BCUT2D eigenvalue weighted by Gasteiger charge is -2.24. The molecular weight excluding hydrogens is 292 g/mol. The Kier molecular flexibility index (Phi) is 8.12. The first-order chi connectivity index (χ1) is 9.81. The number of carbonyl (C=O) groups is 1. The predicted octanol–water partition coefficient (Wildman–Crippen LogP) is 1.62. The van der Waals surface area contributed by atoms with E-state index in [0.29, 0.717) is 24.5 Å². The second kappa shape index (κ2) is 9.60.